The van der Waals surface area contributed by atoms with Crippen LogP contribution in [0.5, 0.6) is 0 Å². The van der Waals surface area contributed by atoms with Crippen molar-refractivity contribution in [2.24, 2.45) is 5.73 Å². The third-order valence-corrected chi connectivity index (χ3v) is 12.3. The van der Waals surface area contributed by atoms with E-state index in [-0.39, 0.29) is 70.6 Å². The van der Waals surface area contributed by atoms with Gasteiger partial charge in [0, 0.05) is 86.6 Å². The molecular weight excluding hydrogens is 1020 g/mol. The fraction of sp³-hybridized carbons (Fsp3) is 0.370. The van der Waals surface area contributed by atoms with E-state index < -0.39 is 83.3 Å². The molecule has 4 aromatic rings. The molecule has 0 radical (unpaired) electrons. The van der Waals surface area contributed by atoms with Gasteiger partial charge in [-0.2, -0.15) is 0 Å². The third-order valence-electron chi connectivity index (χ3n) is 12.3. The van der Waals surface area contributed by atoms with Gasteiger partial charge in [-0.25, -0.2) is 9.78 Å². The van der Waals surface area contributed by atoms with Gasteiger partial charge in [0.15, 0.2) is 0 Å². The predicted octanol–water partition coefficient (Wildman–Crippen LogP) is 1.94. The Morgan fingerprint density at radius 2 is 1.39 bits per heavy atom. The minimum Gasteiger partial charge on any atom is -0.444 e. The lowest BCUT2D eigenvalue weighted by molar-refractivity contribution is -0.137. The van der Waals surface area contributed by atoms with Crippen LogP contribution in [-0.4, -0.2) is 138 Å². The molecule has 2 aliphatic heterocycles. The van der Waals surface area contributed by atoms with Crippen molar-refractivity contribution >= 4 is 82.1 Å². The Balaban J connectivity index is 0.890. The standard InChI is InChI=1S/C54H64N12O13/c1-33(60-45(69)18-24-77-26-27-78-25-22-57-44(68)17-23-65-46(70)13-14-47(65)71)49(72)61-34(2)50(73)64-41(29-43(55)67)52(75)62-37-9-7-36(8-10-37)31-79-53(76)66-32-54(3,4)40-12-11-38(28-42(40)66)63-51(74)39-6-5-19-58-48(39)59-30-35-15-20-56-21-16-35/h5-16,19-21,28,33-34,41H,17-18,22-27,29-32H2,1-4H3,(H2,55,67)(H,57,68)(H,58,59)(H,60,69)(H,61,72)(H,62,75)(H,63,74)(H,64,73)/t33-,34-,41-/m1/s1. The Morgan fingerprint density at radius 1 is 0.722 bits per heavy atom. The van der Waals surface area contributed by atoms with Gasteiger partial charge in [-0.05, 0) is 79.1 Å². The van der Waals surface area contributed by atoms with Gasteiger partial charge in [0.25, 0.3) is 17.7 Å². The van der Waals surface area contributed by atoms with Crippen LogP contribution in [0.1, 0.15) is 74.0 Å². The number of nitrogens with two attached hydrogens (primary N) is 1. The summed E-state index contributed by atoms with van der Waals surface area (Å²) in [5.74, 6) is -4.98. The van der Waals surface area contributed by atoms with Crippen LogP contribution in [-0.2, 0) is 71.1 Å². The third kappa shape index (κ3) is 17.7. The predicted molar refractivity (Wildman–Crippen MR) is 287 cm³/mol. The van der Waals surface area contributed by atoms with Gasteiger partial charge in [0.1, 0.15) is 30.6 Å². The fourth-order valence-electron chi connectivity index (χ4n) is 8.08. The topological polar surface area (TPSA) is 341 Å². The van der Waals surface area contributed by atoms with E-state index in [2.05, 4.69) is 47.2 Å². The maximum atomic E-state index is 13.6. The van der Waals surface area contributed by atoms with E-state index in [9.17, 15) is 47.9 Å². The second kappa shape index (κ2) is 28.3. The summed E-state index contributed by atoms with van der Waals surface area (Å²) in [5.41, 5.74) is 9.04. The summed E-state index contributed by atoms with van der Waals surface area (Å²) in [6, 6.07) is 15.0. The lowest BCUT2D eigenvalue weighted by Crippen LogP contribution is -2.55. The molecule has 25 nitrogen and oxygen atoms in total. The first-order valence-corrected chi connectivity index (χ1v) is 25.3. The zero-order chi connectivity index (χ0) is 57.1. The minimum atomic E-state index is -1.43. The number of rotatable bonds is 28. The first kappa shape index (κ1) is 59.1. The van der Waals surface area contributed by atoms with Crippen LogP contribution >= 0.6 is 0 Å². The monoisotopic (exact) mass is 1090 g/mol. The lowest BCUT2D eigenvalue weighted by Gasteiger charge is -2.22. The molecule has 3 atom stereocenters. The summed E-state index contributed by atoms with van der Waals surface area (Å²) in [6.45, 7) is 8.02. The number of primary amides is 1. The molecule has 2 aliphatic rings. The van der Waals surface area contributed by atoms with Gasteiger partial charge in [-0.1, -0.05) is 32.0 Å². The van der Waals surface area contributed by atoms with Crippen molar-refractivity contribution in [1.29, 1.82) is 0 Å². The second-order valence-corrected chi connectivity index (χ2v) is 19.0. The van der Waals surface area contributed by atoms with Gasteiger partial charge in [-0.3, -0.25) is 57.9 Å². The molecule has 79 heavy (non-hydrogen) atoms. The van der Waals surface area contributed by atoms with Gasteiger partial charge >= 0.3 is 6.09 Å². The average molecular weight is 1090 g/mol. The molecule has 0 fully saturated rings. The van der Waals surface area contributed by atoms with Gasteiger partial charge in [-0.15, -0.1) is 0 Å². The van der Waals surface area contributed by atoms with Crippen LogP contribution in [0.3, 0.4) is 0 Å². The van der Waals surface area contributed by atoms with Crippen LogP contribution in [0.15, 0.2) is 97.5 Å². The summed E-state index contributed by atoms with van der Waals surface area (Å²) in [6.07, 6.45) is 5.91. The van der Waals surface area contributed by atoms with Crippen molar-refractivity contribution in [3.8, 4) is 0 Å². The molecule has 418 valence electrons. The van der Waals surface area contributed by atoms with E-state index in [0.29, 0.717) is 41.4 Å². The minimum absolute atomic E-state index is 0.00858. The largest absolute Gasteiger partial charge is 0.444 e. The van der Waals surface area contributed by atoms with E-state index in [0.717, 1.165) is 28.2 Å². The highest BCUT2D eigenvalue weighted by molar-refractivity contribution is 6.13. The molecule has 0 saturated heterocycles. The first-order chi connectivity index (χ1) is 37.8. The number of pyridine rings is 2. The fourth-order valence-corrected chi connectivity index (χ4v) is 8.08. The normalized spacial score (nSPS) is 14.3. The number of anilines is 4. The van der Waals surface area contributed by atoms with Crippen LogP contribution in [0.2, 0.25) is 0 Å². The highest BCUT2D eigenvalue weighted by Gasteiger charge is 2.39. The number of hydrogen-bond acceptors (Lipinski definition) is 16. The average Bonchev–Trinajstić information content (AvgIpc) is 3.92. The maximum Gasteiger partial charge on any atom is 0.414 e. The number of hydrogen-bond donors (Lipinski definition) is 8. The van der Waals surface area contributed by atoms with Crippen LogP contribution in [0.4, 0.5) is 27.7 Å². The second-order valence-electron chi connectivity index (χ2n) is 19.0. The van der Waals surface area contributed by atoms with Crippen molar-refractivity contribution in [3.63, 3.8) is 0 Å². The number of imide groups is 1. The summed E-state index contributed by atoms with van der Waals surface area (Å²) in [5, 5.41) is 18.8. The Labute approximate surface area is 455 Å². The van der Waals surface area contributed by atoms with Crippen molar-refractivity contribution < 1.29 is 62.2 Å². The molecule has 10 amide bonds. The number of benzene rings is 2. The smallest absolute Gasteiger partial charge is 0.414 e. The molecule has 2 aromatic carbocycles. The van der Waals surface area contributed by atoms with E-state index in [1.54, 1.807) is 55.0 Å². The van der Waals surface area contributed by atoms with Crippen LogP contribution in [0, 0.1) is 0 Å². The zero-order valence-corrected chi connectivity index (χ0v) is 44.1. The summed E-state index contributed by atoms with van der Waals surface area (Å²) >= 11 is 0. The number of nitrogens with one attached hydrogen (secondary N) is 7. The number of fused-ring (bicyclic) bond motifs is 1. The SMILES string of the molecule is C[C@@H](NC(=O)CCOCCOCCNC(=O)CCN1C(=O)C=CC1=O)C(=O)N[C@H](C)C(=O)N[C@H](CC(N)=O)C(=O)Nc1ccc(COC(=O)N2CC(C)(C)c3ccc(NC(=O)c4cccnc4NCc4ccncc4)cc32)cc1. The Bertz CT molecular complexity index is 2900. The van der Waals surface area contributed by atoms with Crippen molar-refractivity contribution in [2.45, 2.75) is 83.6 Å². The van der Waals surface area contributed by atoms with Crippen molar-refractivity contribution in [2.75, 3.05) is 66.9 Å². The van der Waals surface area contributed by atoms with E-state index in [1.165, 1.54) is 30.9 Å². The molecule has 4 heterocycles. The zero-order valence-electron chi connectivity index (χ0n) is 44.1. The molecule has 25 heteroatoms. The summed E-state index contributed by atoms with van der Waals surface area (Å²) in [4.78, 5) is 137. The molecule has 6 rings (SSSR count). The molecule has 2 aromatic heterocycles. The maximum absolute atomic E-state index is 13.6. The molecule has 0 bridgehead atoms. The Kier molecular flexibility index (Phi) is 21.2. The molecule has 0 unspecified atom stereocenters. The first-order valence-electron chi connectivity index (χ1n) is 25.3. The van der Waals surface area contributed by atoms with Crippen LogP contribution < -0.4 is 47.9 Å². The number of aromatic nitrogens is 2. The number of amides is 10. The highest BCUT2D eigenvalue weighted by Crippen LogP contribution is 2.42. The van der Waals surface area contributed by atoms with E-state index in [4.69, 9.17) is 19.9 Å². The Hall–Kier alpha value is -9.10. The Morgan fingerprint density at radius 3 is 2.10 bits per heavy atom. The number of carbonyl (C=O) groups excluding carboxylic acids is 10. The number of ether oxygens (including phenoxy) is 3. The van der Waals surface area contributed by atoms with Gasteiger partial charge in [0.2, 0.25) is 35.4 Å². The quantitative estimate of drug-likeness (QED) is 0.0298. The molecular formula is C54H64N12O13. The van der Waals surface area contributed by atoms with Crippen LogP contribution in [0.25, 0.3) is 0 Å². The summed E-state index contributed by atoms with van der Waals surface area (Å²) < 4.78 is 16.5. The van der Waals surface area contributed by atoms with Gasteiger partial charge < -0.3 is 57.2 Å². The number of nitrogens with zero attached hydrogens (tertiary/aromatic N) is 4. The van der Waals surface area contributed by atoms with E-state index in [1.807, 2.05) is 32.0 Å². The van der Waals surface area contributed by atoms with Crippen molar-refractivity contribution in [1.82, 2.24) is 36.1 Å². The molecule has 0 aliphatic carbocycles. The molecule has 9 N–H and O–H groups in total. The van der Waals surface area contributed by atoms with Gasteiger partial charge in [0.05, 0.1) is 44.1 Å². The summed E-state index contributed by atoms with van der Waals surface area (Å²) in [7, 11) is 0. The molecule has 0 spiro atoms. The highest BCUT2D eigenvalue weighted by atomic mass is 16.6. The lowest BCUT2D eigenvalue weighted by atomic mass is 9.87. The number of carbonyl (C=O) groups is 10. The van der Waals surface area contributed by atoms with E-state index >= 15 is 0 Å². The van der Waals surface area contributed by atoms with Crippen molar-refractivity contribution in [3.05, 3.63) is 120 Å². The molecule has 0 saturated carbocycles.